The Kier molecular flexibility index (Phi) is 4.77. The van der Waals surface area contributed by atoms with E-state index in [0.717, 1.165) is 18.5 Å². The number of nitrogens with zero attached hydrogens (tertiary/aromatic N) is 1. The van der Waals surface area contributed by atoms with Crippen molar-refractivity contribution in [1.82, 2.24) is 0 Å². The van der Waals surface area contributed by atoms with Gasteiger partial charge in [0.05, 0.1) is 0 Å². The second-order valence-electron chi connectivity index (χ2n) is 4.77. The van der Waals surface area contributed by atoms with E-state index in [1.807, 2.05) is 41.3 Å². The standard InChI is InChI=1S/C17H20N2O/c1-2-3-12-19(16-10-5-4-6-11-16)17(20)14-8-7-9-15(18)13-14/h4-11,13H,2-3,12,18H2,1H3. The lowest BCUT2D eigenvalue weighted by Gasteiger charge is -2.23. The van der Waals surface area contributed by atoms with Gasteiger partial charge in [0.25, 0.3) is 5.91 Å². The van der Waals surface area contributed by atoms with Gasteiger partial charge in [0, 0.05) is 23.5 Å². The third kappa shape index (κ3) is 3.38. The molecule has 0 unspecified atom stereocenters. The largest absolute Gasteiger partial charge is 0.399 e. The molecule has 0 aliphatic heterocycles. The van der Waals surface area contributed by atoms with Crippen LogP contribution >= 0.6 is 0 Å². The van der Waals surface area contributed by atoms with Crippen molar-refractivity contribution in [2.75, 3.05) is 17.2 Å². The normalized spacial score (nSPS) is 10.2. The van der Waals surface area contributed by atoms with Gasteiger partial charge in [-0.3, -0.25) is 4.79 Å². The van der Waals surface area contributed by atoms with Crippen molar-refractivity contribution in [1.29, 1.82) is 0 Å². The number of nitrogens with two attached hydrogens (primary N) is 1. The van der Waals surface area contributed by atoms with E-state index in [4.69, 9.17) is 5.73 Å². The fourth-order valence-electron chi connectivity index (χ4n) is 2.10. The minimum Gasteiger partial charge on any atom is -0.399 e. The Balaban J connectivity index is 2.29. The quantitative estimate of drug-likeness (QED) is 0.840. The highest BCUT2D eigenvalue weighted by atomic mass is 16.2. The monoisotopic (exact) mass is 268 g/mol. The van der Waals surface area contributed by atoms with Crippen LogP contribution in [-0.4, -0.2) is 12.5 Å². The lowest BCUT2D eigenvalue weighted by atomic mass is 10.1. The predicted molar refractivity (Wildman–Crippen MR) is 83.9 cm³/mol. The molecular formula is C17H20N2O. The van der Waals surface area contributed by atoms with Crippen molar-refractivity contribution in [2.24, 2.45) is 0 Å². The minimum atomic E-state index is -0.00282. The second kappa shape index (κ2) is 6.75. The van der Waals surface area contributed by atoms with Gasteiger partial charge in [-0.1, -0.05) is 37.6 Å². The van der Waals surface area contributed by atoms with Crippen LogP contribution in [0.15, 0.2) is 54.6 Å². The molecule has 0 heterocycles. The first-order valence-corrected chi connectivity index (χ1v) is 6.95. The van der Waals surface area contributed by atoms with E-state index in [1.165, 1.54) is 0 Å². The average molecular weight is 268 g/mol. The molecule has 0 saturated heterocycles. The topological polar surface area (TPSA) is 46.3 Å². The maximum Gasteiger partial charge on any atom is 0.258 e. The van der Waals surface area contributed by atoms with Crippen LogP contribution in [-0.2, 0) is 0 Å². The van der Waals surface area contributed by atoms with Gasteiger partial charge in [0.2, 0.25) is 0 Å². The number of para-hydroxylation sites is 1. The summed E-state index contributed by atoms with van der Waals surface area (Å²) < 4.78 is 0. The SMILES string of the molecule is CCCCN(C(=O)c1cccc(N)c1)c1ccccc1. The highest BCUT2D eigenvalue weighted by molar-refractivity contribution is 6.06. The van der Waals surface area contributed by atoms with Gasteiger partial charge in [-0.05, 0) is 36.8 Å². The molecule has 2 aromatic carbocycles. The third-order valence-corrected chi connectivity index (χ3v) is 3.18. The minimum absolute atomic E-state index is 0.00282. The molecule has 0 aliphatic carbocycles. The summed E-state index contributed by atoms with van der Waals surface area (Å²) in [6, 6.07) is 16.9. The first-order chi connectivity index (χ1) is 9.72. The molecule has 0 radical (unpaired) electrons. The average Bonchev–Trinajstić information content (AvgIpc) is 2.48. The number of hydrogen-bond donors (Lipinski definition) is 1. The van der Waals surface area contributed by atoms with Crippen LogP contribution in [0.2, 0.25) is 0 Å². The summed E-state index contributed by atoms with van der Waals surface area (Å²) in [7, 11) is 0. The number of unbranched alkanes of at least 4 members (excludes halogenated alkanes) is 1. The van der Waals surface area contributed by atoms with Crippen LogP contribution < -0.4 is 10.6 Å². The zero-order chi connectivity index (χ0) is 14.4. The van der Waals surface area contributed by atoms with E-state index >= 15 is 0 Å². The molecule has 0 fully saturated rings. The van der Waals surface area contributed by atoms with Gasteiger partial charge in [0.15, 0.2) is 0 Å². The number of carbonyl (C=O) groups excluding carboxylic acids is 1. The van der Waals surface area contributed by atoms with Gasteiger partial charge in [-0.15, -0.1) is 0 Å². The Hall–Kier alpha value is -2.29. The van der Waals surface area contributed by atoms with E-state index in [0.29, 0.717) is 17.8 Å². The molecule has 2 rings (SSSR count). The van der Waals surface area contributed by atoms with Crippen LogP contribution in [0.5, 0.6) is 0 Å². The van der Waals surface area contributed by atoms with Crippen molar-refractivity contribution in [3.05, 3.63) is 60.2 Å². The molecule has 0 spiro atoms. The molecule has 3 heteroatoms. The number of carbonyl (C=O) groups is 1. The smallest absolute Gasteiger partial charge is 0.258 e. The molecule has 3 nitrogen and oxygen atoms in total. The Labute approximate surface area is 120 Å². The van der Waals surface area contributed by atoms with Gasteiger partial charge < -0.3 is 10.6 Å². The van der Waals surface area contributed by atoms with E-state index < -0.39 is 0 Å². The molecule has 0 aromatic heterocycles. The number of rotatable bonds is 5. The van der Waals surface area contributed by atoms with Crippen molar-refractivity contribution in [3.63, 3.8) is 0 Å². The Morgan fingerprint density at radius 3 is 2.50 bits per heavy atom. The molecule has 0 aliphatic rings. The van der Waals surface area contributed by atoms with Crippen LogP contribution in [0.3, 0.4) is 0 Å². The van der Waals surface area contributed by atoms with E-state index in [1.54, 1.807) is 18.2 Å². The fourth-order valence-corrected chi connectivity index (χ4v) is 2.10. The maximum atomic E-state index is 12.7. The number of nitrogen functional groups attached to an aromatic ring is 1. The maximum absolute atomic E-state index is 12.7. The van der Waals surface area contributed by atoms with Crippen LogP contribution in [0.25, 0.3) is 0 Å². The second-order valence-corrected chi connectivity index (χ2v) is 4.77. The molecule has 1 amide bonds. The zero-order valence-electron chi connectivity index (χ0n) is 11.8. The molecule has 0 bridgehead atoms. The molecule has 0 saturated carbocycles. The van der Waals surface area contributed by atoms with Crippen molar-refractivity contribution in [2.45, 2.75) is 19.8 Å². The summed E-state index contributed by atoms with van der Waals surface area (Å²) in [6.07, 6.45) is 2.02. The van der Waals surface area contributed by atoms with E-state index in [9.17, 15) is 4.79 Å². The Morgan fingerprint density at radius 2 is 1.85 bits per heavy atom. The summed E-state index contributed by atoms with van der Waals surface area (Å²) in [5.74, 6) is -0.00282. The van der Waals surface area contributed by atoms with Crippen molar-refractivity contribution < 1.29 is 4.79 Å². The van der Waals surface area contributed by atoms with Gasteiger partial charge >= 0.3 is 0 Å². The fraction of sp³-hybridized carbons (Fsp3) is 0.235. The highest BCUT2D eigenvalue weighted by Gasteiger charge is 2.17. The summed E-state index contributed by atoms with van der Waals surface area (Å²) in [5, 5.41) is 0. The van der Waals surface area contributed by atoms with Crippen molar-refractivity contribution in [3.8, 4) is 0 Å². The zero-order valence-corrected chi connectivity index (χ0v) is 11.8. The molecule has 104 valence electrons. The highest BCUT2D eigenvalue weighted by Crippen LogP contribution is 2.18. The van der Waals surface area contributed by atoms with Gasteiger partial charge in [-0.25, -0.2) is 0 Å². The molecular weight excluding hydrogens is 248 g/mol. The van der Waals surface area contributed by atoms with Crippen molar-refractivity contribution >= 4 is 17.3 Å². The number of anilines is 2. The number of benzene rings is 2. The molecule has 0 atom stereocenters. The van der Waals surface area contributed by atoms with Gasteiger partial charge in [-0.2, -0.15) is 0 Å². The summed E-state index contributed by atoms with van der Waals surface area (Å²) in [4.78, 5) is 14.5. The lowest BCUT2D eigenvalue weighted by molar-refractivity contribution is 0.0986. The van der Waals surface area contributed by atoms with E-state index in [-0.39, 0.29) is 5.91 Å². The summed E-state index contributed by atoms with van der Waals surface area (Å²) in [5.41, 5.74) is 7.93. The molecule has 2 aromatic rings. The third-order valence-electron chi connectivity index (χ3n) is 3.18. The van der Waals surface area contributed by atoms with E-state index in [2.05, 4.69) is 6.92 Å². The Morgan fingerprint density at radius 1 is 1.10 bits per heavy atom. The van der Waals surface area contributed by atoms with Crippen LogP contribution in [0, 0.1) is 0 Å². The van der Waals surface area contributed by atoms with Gasteiger partial charge in [0.1, 0.15) is 0 Å². The first-order valence-electron chi connectivity index (χ1n) is 6.95. The lowest BCUT2D eigenvalue weighted by Crippen LogP contribution is -2.31. The molecule has 2 N–H and O–H groups in total. The Bertz CT molecular complexity index is 566. The van der Waals surface area contributed by atoms with Crippen LogP contribution in [0.4, 0.5) is 11.4 Å². The summed E-state index contributed by atoms with van der Waals surface area (Å²) >= 11 is 0. The summed E-state index contributed by atoms with van der Waals surface area (Å²) in [6.45, 7) is 2.84. The van der Waals surface area contributed by atoms with Crippen LogP contribution in [0.1, 0.15) is 30.1 Å². The molecule has 20 heavy (non-hydrogen) atoms. The first kappa shape index (κ1) is 14.1. The number of amides is 1. The predicted octanol–water partition coefficient (Wildman–Crippen LogP) is 3.72. The number of hydrogen-bond acceptors (Lipinski definition) is 2.